The molecule has 2 heteroatoms. The molecule has 2 aromatic carbocycles. The lowest BCUT2D eigenvalue weighted by Crippen LogP contribution is -2.31. The Balaban J connectivity index is 1.97. The van der Waals surface area contributed by atoms with E-state index in [-0.39, 0.29) is 5.41 Å². The molecule has 0 N–H and O–H groups in total. The lowest BCUT2D eigenvalue weighted by atomic mass is 9.95. The summed E-state index contributed by atoms with van der Waals surface area (Å²) >= 11 is 0. The Morgan fingerprint density at radius 2 is 1.80 bits per heavy atom. The first-order valence-electron chi connectivity index (χ1n) is 7.08. The average Bonchev–Trinajstić information content (AvgIpc) is 2.44. The topological polar surface area (TPSA) is 27.0 Å². The van der Waals surface area contributed by atoms with E-state index in [1.165, 1.54) is 16.3 Å². The normalized spacial score (nSPS) is 11.8. The fraction of sp³-hybridized carbons (Fsp3) is 0.389. The first kappa shape index (κ1) is 14.6. The van der Waals surface area contributed by atoms with E-state index in [2.05, 4.69) is 60.5 Å². The molecule has 0 fully saturated rings. The van der Waals surface area contributed by atoms with Crippen molar-refractivity contribution in [3.8, 4) is 6.07 Å². The van der Waals surface area contributed by atoms with Gasteiger partial charge in [-0.05, 0) is 43.7 Å². The molecule has 0 spiro atoms. The summed E-state index contributed by atoms with van der Waals surface area (Å²) in [6.07, 6.45) is 1.02. The number of likely N-dealkylation sites (N-methyl/N-ethyl adjacent to an activating group) is 1. The van der Waals surface area contributed by atoms with Crippen LogP contribution in [0.25, 0.3) is 10.8 Å². The van der Waals surface area contributed by atoms with E-state index in [1.807, 2.05) is 13.8 Å². The lowest BCUT2D eigenvalue weighted by molar-refractivity contribution is 0.258. The van der Waals surface area contributed by atoms with Crippen LogP contribution >= 0.6 is 0 Å². The van der Waals surface area contributed by atoms with Crippen molar-refractivity contribution >= 4 is 10.8 Å². The quantitative estimate of drug-likeness (QED) is 0.821. The van der Waals surface area contributed by atoms with Crippen molar-refractivity contribution < 1.29 is 0 Å². The van der Waals surface area contributed by atoms with Crippen molar-refractivity contribution in [1.29, 1.82) is 5.26 Å². The number of nitriles is 1. The molecule has 0 atom stereocenters. The molecule has 2 rings (SSSR count). The minimum Gasteiger partial charge on any atom is -0.304 e. The van der Waals surface area contributed by atoms with Crippen LogP contribution in [0.4, 0.5) is 0 Å². The second-order valence-electron chi connectivity index (χ2n) is 6.16. The zero-order valence-corrected chi connectivity index (χ0v) is 12.6. The highest BCUT2D eigenvalue weighted by atomic mass is 15.1. The van der Waals surface area contributed by atoms with Crippen LogP contribution in [0, 0.1) is 16.7 Å². The third-order valence-electron chi connectivity index (χ3n) is 3.56. The van der Waals surface area contributed by atoms with Gasteiger partial charge < -0.3 is 4.90 Å². The second-order valence-corrected chi connectivity index (χ2v) is 6.16. The van der Waals surface area contributed by atoms with E-state index in [0.29, 0.717) is 0 Å². The standard InChI is InChI=1S/C18H22N2/c1-18(2,13-19)14-20(3)11-10-15-8-9-16-6-4-5-7-17(16)12-15/h4-9,12H,10-11,14H2,1-3H3. The summed E-state index contributed by atoms with van der Waals surface area (Å²) in [5.74, 6) is 0. The molecule has 0 aliphatic heterocycles. The van der Waals surface area contributed by atoms with E-state index in [9.17, 15) is 0 Å². The fourth-order valence-corrected chi connectivity index (χ4v) is 2.50. The first-order chi connectivity index (χ1) is 9.50. The highest BCUT2D eigenvalue weighted by Gasteiger charge is 2.18. The number of hydrogen-bond donors (Lipinski definition) is 0. The number of fused-ring (bicyclic) bond motifs is 1. The van der Waals surface area contributed by atoms with E-state index >= 15 is 0 Å². The molecule has 0 aromatic heterocycles. The van der Waals surface area contributed by atoms with Crippen LogP contribution in [-0.2, 0) is 6.42 Å². The maximum atomic E-state index is 9.07. The minimum atomic E-state index is -0.280. The van der Waals surface area contributed by atoms with Crippen molar-refractivity contribution in [2.75, 3.05) is 20.1 Å². The van der Waals surface area contributed by atoms with Crippen molar-refractivity contribution in [1.82, 2.24) is 4.90 Å². The van der Waals surface area contributed by atoms with Gasteiger partial charge in [0.15, 0.2) is 0 Å². The third kappa shape index (κ3) is 3.82. The van der Waals surface area contributed by atoms with Crippen LogP contribution in [-0.4, -0.2) is 25.0 Å². The minimum absolute atomic E-state index is 0.280. The van der Waals surface area contributed by atoms with Gasteiger partial charge in [0.1, 0.15) is 0 Å². The van der Waals surface area contributed by atoms with Crippen LogP contribution in [0.3, 0.4) is 0 Å². The largest absolute Gasteiger partial charge is 0.304 e. The van der Waals surface area contributed by atoms with Gasteiger partial charge in [0.25, 0.3) is 0 Å². The SMILES string of the molecule is CN(CCc1ccc2ccccc2c1)CC(C)(C)C#N. The van der Waals surface area contributed by atoms with Crippen molar-refractivity contribution in [3.63, 3.8) is 0 Å². The van der Waals surface area contributed by atoms with Gasteiger partial charge in [-0.25, -0.2) is 0 Å². The Morgan fingerprint density at radius 3 is 2.50 bits per heavy atom. The van der Waals surface area contributed by atoms with Crippen molar-refractivity contribution in [2.45, 2.75) is 20.3 Å². The van der Waals surface area contributed by atoms with Crippen LogP contribution in [0.1, 0.15) is 19.4 Å². The smallest absolute Gasteiger partial charge is 0.0697 e. The lowest BCUT2D eigenvalue weighted by Gasteiger charge is -2.24. The highest BCUT2D eigenvalue weighted by molar-refractivity contribution is 5.82. The summed E-state index contributed by atoms with van der Waals surface area (Å²) in [5.41, 5.74) is 1.07. The van der Waals surface area contributed by atoms with Crippen LogP contribution in [0.15, 0.2) is 42.5 Å². The fourth-order valence-electron chi connectivity index (χ4n) is 2.50. The average molecular weight is 266 g/mol. The molecule has 0 bridgehead atoms. The Hall–Kier alpha value is -1.85. The van der Waals surface area contributed by atoms with Crippen molar-refractivity contribution in [3.05, 3.63) is 48.0 Å². The molecule has 0 radical (unpaired) electrons. The zero-order chi connectivity index (χ0) is 14.6. The molecular weight excluding hydrogens is 244 g/mol. The molecule has 0 aliphatic rings. The van der Waals surface area contributed by atoms with Gasteiger partial charge in [0.05, 0.1) is 11.5 Å². The summed E-state index contributed by atoms with van der Waals surface area (Å²) in [7, 11) is 2.08. The zero-order valence-electron chi connectivity index (χ0n) is 12.6. The van der Waals surface area contributed by atoms with E-state index < -0.39 is 0 Å². The molecule has 0 saturated heterocycles. The number of rotatable bonds is 5. The Morgan fingerprint density at radius 1 is 1.10 bits per heavy atom. The maximum absolute atomic E-state index is 9.07. The van der Waals surface area contributed by atoms with Gasteiger partial charge in [-0.15, -0.1) is 0 Å². The third-order valence-corrected chi connectivity index (χ3v) is 3.56. The van der Waals surface area contributed by atoms with Gasteiger partial charge in [-0.1, -0.05) is 42.5 Å². The number of nitrogens with zero attached hydrogens (tertiary/aromatic N) is 2. The van der Waals surface area contributed by atoms with Crippen LogP contribution in [0.2, 0.25) is 0 Å². The van der Waals surface area contributed by atoms with Crippen molar-refractivity contribution in [2.24, 2.45) is 5.41 Å². The Bertz CT molecular complexity index is 623. The number of benzene rings is 2. The van der Waals surface area contributed by atoms with Crippen LogP contribution < -0.4 is 0 Å². The molecule has 0 heterocycles. The molecule has 2 aromatic rings. The van der Waals surface area contributed by atoms with Gasteiger partial charge in [0, 0.05) is 13.1 Å². The molecule has 0 aliphatic carbocycles. The van der Waals surface area contributed by atoms with E-state index in [4.69, 9.17) is 5.26 Å². The first-order valence-corrected chi connectivity index (χ1v) is 7.08. The summed E-state index contributed by atoms with van der Waals surface area (Å²) in [4.78, 5) is 2.23. The Kier molecular flexibility index (Phi) is 4.42. The molecule has 2 nitrogen and oxygen atoms in total. The maximum Gasteiger partial charge on any atom is 0.0697 e. The van der Waals surface area contributed by atoms with Gasteiger partial charge >= 0.3 is 0 Å². The summed E-state index contributed by atoms with van der Waals surface area (Å²) < 4.78 is 0. The Labute approximate surface area is 121 Å². The second kappa shape index (κ2) is 6.07. The van der Waals surface area contributed by atoms with Gasteiger partial charge in [-0.3, -0.25) is 0 Å². The highest BCUT2D eigenvalue weighted by Crippen LogP contribution is 2.17. The van der Waals surface area contributed by atoms with Crippen LogP contribution in [0.5, 0.6) is 0 Å². The predicted molar refractivity (Wildman–Crippen MR) is 84.5 cm³/mol. The molecular formula is C18H22N2. The molecule has 104 valence electrons. The summed E-state index contributed by atoms with van der Waals surface area (Å²) in [6.45, 7) is 5.75. The van der Waals surface area contributed by atoms with Gasteiger partial charge in [0.2, 0.25) is 0 Å². The predicted octanol–water partition coefficient (Wildman–Crippen LogP) is 3.86. The molecule has 0 unspecified atom stereocenters. The molecule has 20 heavy (non-hydrogen) atoms. The summed E-state index contributed by atoms with van der Waals surface area (Å²) in [6, 6.07) is 17.4. The number of hydrogen-bond acceptors (Lipinski definition) is 2. The monoisotopic (exact) mass is 266 g/mol. The molecule has 0 saturated carbocycles. The van der Waals surface area contributed by atoms with E-state index in [0.717, 1.165) is 19.5 Å². The van der Waals surface area contributed by atoms with Gasteiger partial charge in [-0.2, -0.15) is 5.26 Å². The molecule has 0 amide bonds. The van der Waals surface area contributed by atoms with E-state index in [1.54, 1.807) is 0 Å². The summed E-state index contributed by atoms with van der Waals surface area (Å²) in [5, 5.41) is 11.7.